The molecule has 0 heterocycles. The Bertz CT molecular complexity index is 490. The number of aryl methyl sites for hydroxylation is 1. The first-order chi connectivity index (χ1) is 8.68. The zero-order valence-corrected chi connectivity index (χ0v) is 11.4. The third-order valence-corrected chi connectivity index (χ3v) is 3.45. The summed E-state index contributed by atoms with van der Waals surface area (Å²) in [6.07, 6.45) is 0. The lowest BCUT2D eigenvalue weighted by atomic mass is 10.0. The van der Waals surface area contributed by atoms with Crippen LogP contribution in [-0.4, -0.2) is 0 Å². The molecule has 94 valence electrons. The fourth-order valence-corrected chi connectivity index (χ4v) is 2.38. The minimum absolute atomic E-state index is 0.362. The van der Waals surface area contributed by atoms with Gasteiger partial charge in [-0.2, -0.15) is 0 Å². The first-order valence-corrected chi connectivity index (χ1v) is 6.55. The molecule has 2 atom stereocenters. The van der Waals surface area contributed by atoms with Crippen LogP contribution in [0.5, 0.6) is 0 Å². The summed E-state index contributed by atoms with van der Waals surface area (Å²) in [5.41, 5.74) is 4.05. The Balaban J connectivity index is 2.08. The van der Waals surface area contributed by atoms with E-state index in [0.717, 1.165) is 0 Å². The van der Waals surface area contributed by atoms with E-state index in [4.69, 9.17) is 0 Å². The van der Waals surface area contributed by atoms with Crippen LogP contribution >= 0.6 is 0 Å². The molecule has 1 N–H and O–H groups in total. The molecule has 0 spiro atoms. The van der Waals surface area contributed by atoms with Gasteiger partial charge in [-0.1, -0.05) is 54.6 Å². The van der Waals surface area contributed by atoms with E-state index < -0.39 is 0 Å². The molecular weight excluding hydrogens is 218 g/mol. The molecule has 1 unspecified atom stereocenters. The van der Waals surface area contributed by atoms with Crippen LogP contribution in [0.15, 0.2) is 54.6 Å². The third kappa shape index (κ3) is 2.99. The first kappa shape index (κ1) is 12.8. The highest BCUT2D eigenvalue weighted by Crippen LogP contribution is 2.21. The molecule has 1 heteroatoms. The minimum Gasteiger partial charge on any atom is -0.304 e. The molecule has 0 saturated carbocycles. The highest BCUT2D eigenvalue weighted by Gasteiger charge is 2.11. The Kier molecular flexibility index (Phi) is 4.16. The second-order valence-corrected chi connectivity index (χ2v) is 4.88. The summed E-state index contributed by atoms with van der Waals surface area (Å²) < 4.78 is 0. The van der Waals surface area contributed by atoms with Gasteiger partial charge in [-0.3, -0.25) is 0 Å². The van der Waals surface area contributed by atoms with Crippen LogP contribution in [0.25, 0.3) is 0 Å². The fraction of sp³-hybridized carbons (Fsp3) is 0.294. The highest BCUT2D eigenvalue weighted by molar-refractivity contribution is 5.29. The Morgan fingerprint density at radius 3 is 2.06 bits per heavy atom. The van der Waals surface area contributed by atoms with Crippen molar-refractivity contribution in [3.8, 4) is 0 Å². The summed E-state index contributed by atoms with van der Waals surface area (Å²) in [6, 6.07) is 19.9. The summed E-state index contributed by atoms with van der Waals surface area (Å²) in [5.74, 6) is 0. The quantitative estimate of drug-likeness (QED) is 0.833. The normalized spacial score (nSPS) is 14.2. The largest absolute Gasteiger partial charge is 0.304 e. The summed E-state index contributed by atoms with van der Waals surface area (Å²) in [6.45, 7) is 6.60. The predicted molar refractivity (Wildman–Crippen MR) is 77.6 cm³/mol. The van der Waals surface area contributed by atoms with Gasteiger partial charge in [0.05, 0.1) is 0 Å². The van der Waals surface area contributed by atoms with Crippen LogP contribution in [0, 0.1) is 6.92 Å². The van der Waals surface area contributed by atoms with E-state index in [1.807, 2.05) is 0 Å². The summed E-state index contributed by atoms with van der Waals surface area (Å²) in [4.78, 5) is 0. The smallest absolute Gasteiger partial charge is 0.0300 e. The predicted octanol–water partition coefficient (Wildman–Crippen LogP) is 4.41. The van der Waals surface area contributed by atoms with Crippen LogP contribution in [0.4, 0.5) is 0 Å². The van der Waals surface area contributed by atoms with E-state index in [-0.39, 0.29) is 0 Å². The summed E-state index contributed by atoms with van der Waals surface area (Å²) in [7, 11) is 0. The Hall–Kier alpha value is -1.60. The molecule has 0 aliphatic rings. The minimum atomic E-state index is 0.362. The first-order valence-electron chi connectivity index (χ1n) is 6.55. The topological polar surface area (TPSA) is 12.0 Å². The number of rotatable bonds is 4. The van der Waals surface area contributed by atoms with Gasteiger partial charge in [0.15, 0.2) is 0 Å². The molecule has 0 fully saturated rings. The van der Waals surface area contributed by atoms with Crippen molar-refractivity contribution in [1.29, 1.82) is 0 Å². The zero-order chi connectivity index (χ0) is 13.0. The molecule has 2 aromatic rings. The van der Waals surface area contributed by atoms with Crippen molar-refractivity contribution in [2.24, 2.45) is 0 Å². The lowest BCUT2D eigenvalue weighted by Gasteiger charge is -2.22. The van der Waals surface area contributed by atoms with Gasteiger partial charge >= 0.3 is 0 Å². The maximum atomic E-state index is 3.65. The molecule has 0 aliphatic carbocycles. The maximum Gasteiger partial charge on any atom is 0.0300 e. The van der Waals surface area contributed by atoms with Gasteiger partial charge in [-0.25, -0.2) is 0 Å². The molecule has 0 bridgehead atoms. The van der Waals surface area contributed by atoms with E-state index in [1.165, 1.54) is 16.7 Å². The average molecular weight is 239 g/mol. The molecule has 2 rings (SSSR count). The van der Waals surface area contributed by atoms with Gasteiger partial charge in [0.2, 0.25) is 0 Å². The zero-order valence-electron chi connectivity index (χ0n) is 11.4. The molecule has 2 aromatic carbocycles. The number of benzene rings is 2. The SMILES string of the molecule is Cc1ccccc1C(C)N[C@@H](C)c1ccccc1. The second kappa shape index (κ2) is 5.83. The number of hydrogen-bond acceptors (Lipinski definition) is 1. The van der Waals surface area contributed by atoms with Crippen LogP contribution in [-0.2, 0) is 0 Å². The number of nitrogens with one attached hydrogen (secondary N) is 1. The van der Waals surface area contributed by atoms with Crippen molar-refractivity contribution < 1.29 is 0 Å². The van der Waals surface area contributed by atoms with Crippen molar-refractivity contribution in [3.63, 3.8) is 0 Å². The Labute approximate surface area is 110 Å². The Morgan fingerprint density at radius 2 is 1.39 bits per heavy atom. The van der Waals surface area contributed by atoms with Gasteiger partial charge in [0.25, 0.3) is 0 Å². The highest BCUT2D eigenvalue weighted by atomic mass is 14.9. The summed E-state index contributed by atoms with van der Waals surface area (Å²) >= 11 is 0. The van der Waals surface area contributed by atoms with E-state index in [9.17, 15) is 0 Å². The van der Waals surface area contributed by atoms with Crippen molar-refractivity contribution >= 4 is 0 Å². The molecule has 0 amide bonds. The lowest BCUT2D eigenvalue weighted by molar-refractivity contribution is 0.493. The van der Waals surface area contributed by atoms with Gasteiger partial charge in [-0.15, -0.1) is 0 Å². The molecular formula is C17H21N. The van der Waals surface area contributed by atoms with Gasteiger partial charge in [-0.05, 0) is 37.5 Å². The van der Waals surface area contributed by atoms with Crippen LogP contribution < -0.4 is 5.32 Å². The second-order valence-electron chi connectivity index (χ2n) is 4.88. The van der Waals surface area contributed by atoms with E-state index in [2.05, 4.69) is 80.7 Å². The van der Waals surface area contributed by atoms with E-state index >= 15 is 0 Å². The van der Waals surface area contributed by atoms with Gasteiger partial charge in [0, 0.05) is 12.1 Å². The van der Waals surface area contributed by atoms with Crippen LogP contribution in [0.2, 0.25) is 0 Å². The molecule has 0 saturated heterocycles. The van der Waals surface area contributed by atoms with Crippen molar-refractivity contribution in [2.75, 3.05) is 0 Å². The molecule has 0 radical (unpaired) electrons. The van der Waals surface area contributed by atoms with Crippen molar-refractivity contribution in [1.82, 2.24) is 5.32 Å². The van der Waals surface area contributed by atoms with Gasteiger partial charge < -0.3 is 5.32 Å². The van der Waals surface area contributed by atoms with Gasteiger partial charge in [0.1, 0.15) is 0 Å². The molecule has 0 aromatic heterocycles. The van der Waals surface area contributed by atoms with Crippen molar-refractivity contribution in [2.45, 2.75) is 32.9 Å². The molecule has 1 nitrogen and oxygen atoms in total. The number of hydrogen-bond donors (Lipinski definition) is 1. The Morgan fingerprint density at radius 1 is 0.778 bits per heavy atom. The molecule has 18 heavy (non-hydrogen) atoms. The summed E-state index contributed by atoms with van der Waals surface area (Å²) in [5, 5.41) is 3.65. The van der Waals surface area contributed by atoms with Crippen LogP contribution in [0.3, 0.4) is 0 Å². The molecule has 0 aliphatic heterocycles. The maximum absolute atomic E-state index is 3.65. The van der Waals surface area contributed by atoms with E-state index in [0.29, 0.717) is 12.1 Å². The van der Waals surface area contributed by atoms with E-state index in [1.54, 1.807) is 0 Å². The average Bonchev–Trinajstić information content (AvgIpc) is 2.40. The van der Waals surface area contributed by atoms with Crippen molar-refractivity contribution in [3.05, 3.63) is 71.3 Å². The fourth-order valence-electron chi connectivity index (χ4n) is 2.38. The van der Waals surface area contributed by atoms with Crippen LogP contribution in [0.1, 0.15) is 42.6 Å². The lowest BCUT2D eigenvalue weighted by Crippen LogP contribution is -2.23. The third-order valence-electron chi connectivity index (χ3n) is 3.45. The standard InChI is InChI=1S/C17H21N/c1-13-9-7-8-12-17(13)15(3)18-14(2)16-10-5-4-6-11-16/h4-12,14-15,18H,1-3H3/t14-,15?/m0/s1. The monoisotopic (exact) mass is 239 g/mol.